The molecule has 0 saturated heterocycles. The van der Waals surface area contributed by atoms with E-state index in [1.54, 1.807) is 0 Å². The van der Waals surface area contributed by atoms with Gasteiger partial charge < -0.3 is 9.88 Å². The van der Waals surface area contributed by atoms with Crippen LogP contribution in [0.3, 0.4) is 0 Å². The fraction of sp³-hybridized carbons (Fsp3) is 0.692. The van der Waals surface area contributed by atoms with E-state index in [0.717, 1.165) is 31.8 Å². The highest BCUT2D eigenvalue weighted by Crippen LogP contribution is 2.15. The third-order valence-electron chi connectivity index (χ3n) is 3.75. The molecule has 1 unspecified atom stereocenters. The van der Waals surface area contributed by atoms with Crippen LogP contribution in [0, 0.1) is 0 Å². The molecule has 0 aromatic carbocycles. The van der Waals surface area contributed by atoms with Gasteiger partial charge >= 0.3 is 0 Å². The van der Waals surface area contributed by atoms with Crippen LogP contribution in [0.2, 0.25) is 0 Å². The van der Waals surface area contributed by atoms with Crippen molar-refractivity contribution in [2.75, 3.05) is 0 Å². The van der Waals surface area contributed by atoms with Crippen molar-refractivity contribution in [1.29, 1.82) is 0 Å². The number of nitrogens with zero attached hydrogens (tertiary/aromatic N) is 3. The molecule has 2 aliphatic rings. The van der Waals surface area contributed by atoms with E-state index in [0.29, 0.717) is 6.04 Å². The van der Waals surface area contributed by atoms with Crippen LogP contribution in [-0.2, 0) is 19.5 Å². The number of aryl methyl sites for hydroxylation is 1. The van der Waals surface area contributed by atoms with Gasteiger partial charge in [0, 0.05) is 19.0 Å². The van der Waals surface area contributed by atoms with Crippen LogP contribution in [0.4, 0.5) is 0 Å². The van der Waals surface area contributed by atoms with Crippen molar-refractivity contribution < 1.29 is 0 Å². The molecule has 1 aromatic rings. The van der Waals surface area contributed by atoms with Crippen LogP contribution in [-0.4, -0.2) is 20.8 Å². The Morgan fingerprint density at radius 1 is 1.29 bits per heavy atom. The van der Waals surface area contributed by atoms with Gasteiger partial charge in [-0.3, -0.25) is 0 Å². The lowest BCUT2D eigenvalue weighted by Gasteiger charge is -2.20. The standard InChI is InChI=1S/C13H20N4/c1-2-6-11(7-3-1)14-10-13-16-15-12-8-4-5-9-17(12)13/h1-2,11,14H,3-10H2. The van der Waals surface area contributed by atoms with Gasteiger partial charge in [0.2, 0.25) is 0 Å². The molecule has 0 spiro atoms. The fourth-order valence-corrected chi connectivity index (χ4v) is 2.71. The van der Waals surface area contributed by atoms with Crippen molar-refractivity contribution in [3.05, 3.63) is 23.8 Å². The lowest BCUT2D eigenvalue weighted by atomic mass is 10.0. The number of hydrogen-bond acceptors (Lipinski definition) is 3. The summed E-state index contributed by atoms with van der Waals surface area (Å²) >= 11 is 0. The molecular weight excluding hydrogens is 212 g/mol. The summed E-state index contributed by atoms with van der Waals surface area (Å²) in [6, 6.07) is 0.622. The maximum atomic E-state index is 4.31. The summed E-state index contributed by atoms with van der Waals surface area (Å²) in [4.78, 5) is 0. The minimum Gasteiger partial charge on any atom is -0.314 e. The highest BCUT2D eigenvalue weighted by atomic mass is 15.3. The molecule has 4 nitrogen and oxygen atoms in total. The molecular formula is C13H20N4. The molecule has 92 valence electrons. The first kappa shape index (κ1) is 11.0. The largest absolute Gasteiger partial charge is 0.314 e. The Morgan fingerprint density at radius 3 is 3.18 bits per heavy atom. The number of nitrogens with one attached hydrogen (secondary N) is 1. The molecule has 0 radical (unpaired) electrons. The molecule has 1 N–H and O–H groups in total. The zero-order valence-corrected chi connectivity index (χ0v) is 10.2. The van der Waals surface area contributed by atoms with Gasteiger partial charge in [0.25, 0.3) is 0 Å². The van der Waals surface area contributed by atoms with Gasteiger partial charge in [-0.25, -0.2) is 0 Å². The summed E-state index contributed by atoms with van der Waals surface area (Å²) in [6.07, 6.45) is 11.8. The molecule has 17 heavy (non-hydrogen) atoms. The molecule has 1 aliphatic heterocycles. The van der Waals surface area contributed by atoms with Crippen LogP contribution in [0.1, 0.15) is 43.8 Å². The minimum atomic E-state index is 0.622. The smallest absolute Gasteiger partial charge is 0.147 e. The predicted molar refractivity (Wildman–Crippen MR) is 66.6 cm³/mol. The van der Waals surface area contributed by atoms with Gasteiger partial charge in [-0.15, -0.1) is 10.2 Å². The first-order valence-electron chi connectivity index (χ1n) is 6.73. The van der Waals surface area contributed by atoms with E-state index in [1.807, 2.05) is 0 Å². The van der Waals surface area contributed by atoms with Crippen LogP contribution >= 0.6 is 0 Å². The van der Waals surface area contributed by atoms with E-state index in [9.17, 15) is 0 Å². The zero-order valence-electron chi connectivity index (χ0n) is 10.2. The summed E-state index contributed by atoms with van der Waals surface area (Å²) in [7, 11) is 0. The van der Waals surface area contributed by atoms with Crippen molar-refractivity contribution >= 4 is 0 Å². The number of aromatic nitrogens is 3. The van der Waals surface area contributed by atoms with E-state index in [-0.39, 0.29) is 0 Å². The van der Waals surface area contributed by atoms with Gasteiger partial charge in [-0.2, -0.15) is 0 Å². The van der Waals surface area contributed by atoms with E-state index < -0.39 is 0 Å². The average molecular weight is 232 g/mol. The van der Waals surface area contributed by atoms with Crippen molar-refractivity contribution in [3.63, 3.8) is 0 Å². The molecule has 1 aliphatic carbocycles. The van der Waals surface area contributed by atoms with Gasteiger partial charge in [-0.1, -0.05) is 12.2 Å². The first-order chi connectivity index (χ1) is 8.43. The first-order valence-corrected chi connectivity index (χ1v) is 6.73. The van der Waals surface area contributed by atoms with Crippen molar-refractivity contribution in [3.8, 4) is 0 Å². The molecule has 2 heterocycles. The van der Waals surface area contributed by atoms with Gasteiger partial charge in [-0.05, 0) is 32.1 Å². The van der Waals surface area contributed by atoms with Gasteiger partial charge in [0.05, 0.1) is 6.54 Å². The molecule has 1 aromatic heterocycles. The van der Waals surface area contributed by atoms with E-state index in [4.69, 9.17) is 0 Å². The summed E-state index contributed by atoms with van der Waals surface area (Å²) in [5.74, 6) is 2.30. The predicted octanol–water partition coefficient (Wildman–Crippen LogP) is 1.81. The maximum absolute atomic E-state index is 4.31. The SMILES string of the molecule is C1=CCC(NCc2nnc3n2CCCC3)CC1. The Kier molecular flexibility index (Phi) is 3.22. The number of fused-ring (bicyclic) bond motifs is 1. The highest BCUT2D eigenvalue weighted by molar-refractivity contribution is 5.00. The third-order valence-corrected chi connectivity index (χ3v) is 3.75. The lowest BCUT2D eigenvalue weighted by Crippen LogP contribution is -2.30. The maximum Gasteiger partial charge on any atom is 0.147 e. The molecule has 4 heteroatoms. The van der Waals surface area contributed by atoms with Gasteiger partial charge in [0.15, 0.2) is 0 Å². The van der Waals surface area contributed by atoms with Crippen LogP contribution in [0.5, 0.6) is 0 Å². The van der Waals surface area contributed by atoms with Crippen molar-refractivity contribution in [2.45, 2.75) is 57.7 Å². The summed E-state index contributed by atoms with van der Waals surface area (Å²) in [5.41, 5.74) is 0. The third kappa shape index (κ3) is 2.41. The normalized spacial score (nSPS) is 23.6. The van der Waals surface area contributed by atoms with E-state index in [1.165, 1.54) is 31.5 Å². The number of allylic oxidation sites excluding steroid dienone is 1. The van der Waals surface area contributed by atoms with Crippen molar-refractivity contribution in [1.82, 2.24) is 20.1 Å². The number of rotatable bonds is 3. The second kappa shape index (κ2) is 5.00. The molecule has 3 rings (SSSR count). The second-order valence-electron chi connectivity index (χ2n) is 5.00. The zero-order chi connectivity index (χ0) is 11.5. The minimum absolute atomic E-state index is 0.622. The van der Waals surface area contributed by atoms with Crippen LogP contribution in [0.15, 0.2) is 12.2 Å². The Hall–Kier alpha value is -1.16. The van der Waals surface area contributed by atoms with E-state index in [2.05, 4.69) is 32.2 Å². The highest BCUT2D eigenvalue weighted by Gasteiger charge is 2.16. The van der Waals surface area contributed by atoms with E-state index >= 15 is 0 Å². The Balaban J connectivity index is 1.61. The molecule has 0 saturated carbocycles. The monoisotopic (exact) mass is 232 g/mol. The molecule has 1 atom stereocenters. The Bertz CT molecular complexity index is 408. The van der Waals surface area contributed by atoms with Crippen LogP contribution in [0.25, 0.3) is 0 Å². The van der Waals surface area contributed by atoms with Crippen LogP contribution < -0.4 is 5.32 Å². The molecule has 0 amide bonds. The quantitative estimate of drug-likeness (QED) is 0.808. The fourth-order valence-electron chi connectivity index (χ4n) is 2.71. The number of hydrogen-bond donors (Lipinski definition) is 1. The Labute approximate surface area is 102 Å². The average Bonchev–Trinajstić information content (AvgIpc) is 2.81. The summed E-state index contributed by atoms with van der Waals surface area (Å²) in [5, 5.41) is 12.2. The Morgan fingerprint density at radius 2 is 2.29 bits per heavy atom. The molecule has 0 fully saturated rings. The summed E-state index contributed by atoms with van der Waals surface area (Å²) in [6.45, 7) is 1.97. The topological polar surface area (TPSA) is 42.7 Å². The second-order valence-corrected chi connectivity index (χ2v) is 5.00. The van der Waals surface area contributed by atoms with Gasteiger partial charge in [0.1, 0.15) is 11.6 Å². The molecule has 0 bridgehead atoms. The lowest BCUT2D eigenvalue weighted by molar-refractivity contribution is 0.446. The van der Waals surface area contributed by atoms with Crippen molar-refractivity contribution in [2.24, 2.45) is 0 Å². The summed E-state index contributed by atoms with van der Waals surface area (Å²) < 4.78 is 2.30.